The van der Waals surface area contributed by atoms with Gasteiger partial charge in [-0.05, 0) is 40.7 Å². The fourth-order valence-corrected chi connectivity index (χ4v) is 2.34. The molecule has 0 spiro atoms. The topological polar surface area (TPSA) is 43.7 Å². The molecule has 0 radical (unpaired) electrons. The van der Waals surface area contributed by atoms with Crippen LogP contribution in [0.5, 0.6) is 0 Å². The Bertz CT molecular complexity index is 551. The van der Waals surface area contributed by atoms with E-state index in [0.717, 1.165) is 22.4 Å². The quantitative estimate of drug-likeness (QED) is 0.720. The van der Waals surface area contributed by atoms with Gasteiger partial charge >= 0.3 is 7.12 Å². The molecule has 1 fully saturated rings. The van der Waals surface area contributed by atoms with Crippen LogP contribution in [0, 0.1) is 0 Å². The van der Waals surface area contributed by atoms with Crippen LogP contribution in [0.15, 0.2) is 17.3 Å². The highest BCUT2D eigenvalue weighted by molar-refractivity contribution is 6.62. The van der Waals surface area contributed by atoms with E-state index in [4.69, 9.17) is 9.31 Å². The molecule has 19 heavy (non-hydrogen) atoms. The van der Waals surface area contributed by atoms with E-state index in [1.807, 2.05) is 13.1 Å². The van der Waals surface area contributed by atoms with Gasteiger partial charge in [-0.15, -0.1) is 0 Å². The summed E-state index contributed by atoms with van der Waals surface area (Å²) in [5.41, 5.74) is 3.53. The van der Waals surface area contributed by atoms with E-state index in [0.29, 0.717) is 6.54 Å². The van der Waals surface area contributed by atoms with Gasteiger partial charge in [0.1, 0.15) is 0 Å². The molecule has 100 valence electrons. The van der Waals surface area contributed by atoms with Crippen molar-refractivity contribution in [1.29, 1.82) is 0 Å². The summed E-state index contributed by atoms with van der Waals surface area (Å²) in [6.07, 6.45) is 1.84. The van der Waals surface area contributed by atoms with Crippen molar-refractivity contribution in [2.75, 3.05) is 0 Å². The van der Waals surface area contributed by atoms with Crippen LogP contribution < -0.4 is 5.46 Å². The minimum absolute atomic E-state index is 0.320. The molecule has 0 aromatic carbocycles. The summed E-state index contributed by atoms with van der Waals surface area (Å²) in [6.45, 7) is 10.9. The highest BCUT2D eigenvalue weighted by atomic mass is 16.7. The minimum atomic E-state index is -0.351. The molecule has 0 N–H and O–H groups in total. The molecule has 0 atom stereocenters. The Morgan fingerprint density at radius 1 is 1.16 bits per heavy atom. The zero-order valence-electron chi connectivity index (χ0n) is 12.2. The second-order valence-electron chi connectivity index (χ2n) is 6.25. The van der Waals surface area contributed by atoms with Crippen molar-refractivity contribution >= 4 is 18.3 Å². The van der Waals surface area contributed by atoms with Crippen molar-refractivity contribution in [1.82, 2.24) is 4.98 Å². The maximum Gasteiger partial charge on any atom is 0.496 e. The molecule has 1 saturated heterocycles. The SMILES string of the molecule is CC1=NCc2ncc(B3OC(C)(C)C(C)(C)O3)cc21. The Kier molecular flexibility index (Phi) is 2.63. The van der Waals surface area contributed by atoms with Gasteiger partial charge in [-0.25, -0.2) is 0 Å². The summed E-state index contributed by atoms with van der Waals surface area (Å²) < 4.78 is 12.1. The van der Waals surface area contributed by atoms with Crippen LogP contribution in [0.25, 0.3) is 0 Å². The molecule has 3 rings (SSSR count). The van der Waals surface area contributed by atoms with Crippen molar-refractivity contribution in [2.24, 2.45) is 4.99 Å². The zero-order chi connectivity index (χ0) is 13.8. The van der Waals surface area contributed by atoms with Crippen LogP contribution in [0.4, 0.5) is 0 Å². The third-order valence-corrected chi connectivity index (χ3v) is 4.37. The third kappa shape index (κ3) is 1.92. The van der Waals surface area contributed by atoms with Crippen LogP contribution in [0.2, 0.25) is 0 Å². The summed E-state index contributed by atoms with van der Waals surface area (Å²) in [6, 6.07) is 2.09. The largest absolute Gasteiger partial charge is 0.496 e. The molecular formula is C14H19BN2O2. The molecule has 5 heteroatoms. The van der Waals surface area contributed by atoms with Crippen molar-refractivity contribution in [3.8, 4) is 0 Å². The molecule has 0 amide bonds. The summed E-state index contributed by atoms with van der Waals surface area (Å²) in [5, 5.41) is 0. The van der Waals surface area contributed by atoms with Crippen LogP contribution >= 0.6 is 0 Å². The Labute approximate surface area is 114 Å². The van der Waals surface area contributed by atoms with Gasteiger partial charge in [0, 0.05) is 22.9 Å². The molecule has 0 saturated carbocycles. The standard InChI is InChI=1S/C14H19BN2O2/c1-9-11-6-10(7-17-12(11)8-16-9)15-18-13(2,3)14(4,5)19-15/h6-7H,8H2,1-5H3. The first-order valence-corrected chi connectivity index (χ1v) is 6.66. The molecule has 0 bridgehead atoms. The van der Waals surface area contributed by atoms with Gasteiger partial charge in [-0.1, -0.05) is 0 Å². The maximum absolute atomic E-state index is 6.04. The van der Waals surface area contributed by atoms with Gasteiger partial charge in [-0.3, -0.25) is 9.98 Å². The molecule has 2 aliphatic heterocycles. The van der Waals surface area contributed by atoms with E-state index in [2.05, 4.69) is 43.7 Å². The number of nitrogens with zero attached hydrogens (tertiary/aromatic N) is 2. The van der Waals surface area contributed by atoms with Crippen molar-refractivity contribution in [3.63, 3.8) is 0 Å². The van der Waals surface area contributed by atoms with E-state index in [9.17, 15) is 0 Å². The van der Waals surface area contributed by atoms with E-state index in [1.54, 1.807) is 0 Å². The number of rotatable bonds is 1. The second kappa shape index (κ2) is 3.90. The predicted molar refractivity (Wildman–Crippen MR) is 75.9 cm³/mol. The number of aliphatic imine (C=N–C) groups is 1. The molecule has 0 aliphatic carbocycles. The normalized spacial score (nSPS) is 23.4. The Hall–Kier alpha value is -1.20. The van der Waals surface area contributed by atoms with Gasteiger partial charge in [-0.2, -0.15) is 0 Å². The molecule has 1 aromatic rings. The lowest BCUT2D eigenvalue weighted by Gasteiger charge is -2.32. The molecule has 4 nitrogen and oxygen atoms in total. The Morgan fingerprint density at radius 2 is 1.79 bits per heavy atom. The van der Waals surface area contributed by atoms with E-state index < -0.39 is 0 Å². The molecule has 2 aliphatic rings. The van der Waals surface area contributed by atoms with Crippen LogP contribution in [-0.4, -0.2) is 29.0 Å². The fourth-order valence-electron chi connectivity index (χ4n) is 2.34. The minimum Gasteiger partial charge on any atom is -0.399 e. The lowest BCUT2D eigenvalue weighted by Crippen LogP contribution is -2.41. The van der Waals surface area contributed by atoms with E-state index >= 15 is 0 Å². The van der Waals surface area contributed by atoms with Crippen LogP contribution in [0.3, 0.4) is 0 Å². The summed E-state index contributed by atoms with van der Waals surface area (Å²) in [7, 11) is -0.351. The molecule has 1 aromatic heterocycles. The first-order valence-electron chi connectivity index (χ1n) is 6.66. The predicted octanol–water partition coefficient (Wildman–Crippen LogP) is 1.70. The van der Waals surface area contributed by atoms with Crippen molar-refractivity contribution in [2.45, 2.75) is 52.4 Å². The van der Waals surface area contributed by atoms with Crippen molar-refractivity contribution < 1.29 is 9.31 Å². The summed E-state index contributed by atoms with van der Waals surface area (Å²) in [4.78, 5) is 8.88. The lowest BCUT2D eigenvalue weighted by molar-refractivity contribution is 0.00578. The van der Waals surface area contributed by atoms with Crippen LogP contribution in [0.1, 0.15) is 45.9 Å². The van der Waals surface area contributed by atoms with Gasteiger partial charge in [0.15, 0.2) is 0 Å². The maximum atomic E-state index is 6.04. The first-order chi connectivity index (χ1) is 8.80. The monoisotopic (exact) mass is 258 g/mol. The summed E-state index contributed by atoms with van der Waals surface area (Å²) in [5.74, 6) is 0. The highest BCUT2D eigenvalue weighted by Gasteiger charge is 2.51. The molecule has 0 unspecified atom stereocenters. The molecule has 3 heterocycles. The fraction of sp³-hybridized carbons (Fsp3) is 0.571. The Morgan fingerprint density at radius 3 is 2.42 bits per heavy atom. The number of fused-ring (bicyclic) bond motifs is 1. The smallest absolute Gasteiger partial charge is 0.399 e. The van der Waals surface area contributed by atoms with E-state index in [-0.39, 0.29) is 18.3 Å². The number of aromatic nitrogens is 1. The average molecular weight is 258 g/mol. The van der Waals surface area contributed by atoms with Gasteiger partial charge in [0.25, 0.3) is 0 Å². The van der Waals surface area contributed by atoms with Gasteiger partial charge < -0.3 is 9.31 Å². The van der Waals surface area contributed by atoms with Gasteiger partial charge in [0.2, 0.25) is 0 Å². The van der Waals surface area contributed by atoms with E-state index in [1.165, 1.54) is 0 Å². The Balaban J connectivity index is 1.93. The first kappa shape index (κ1) is 12.8. The zero-order valence-corrected chi connectivity index (χ0v) is 12.2. The highest BCUT2D eigenvalue weighted by Crippen LogP contribution is 2.36. The van der Waals surface area contributed by atoms with Gasteiger partial charge in [0.05, 0.1) is 23.4 Å². The average Bonchev–Trinajstić information content (AvgIpc) is 2.78. The summed E-state index contributed by atoms with van der Waals surface area (Å²) >= 11 is 0. The van der Waals surface area contributed by atoms with Crippen LogP contribution in [-0.2, 0) is 15.9 Å². The third-order valence-electron chi connectivity index (χ3n) is 4.37. The number of pyridine rings is 1. The lowest BCUT2D eigenvalue weighted by atomic mass is 9.79. The second-order valence-corrected chi connectivity index (χ2v) is 6.25. The number of hydrogen-bond donors (Lipinski definition) is 0. The number of hydrogen-bond acceptors (Lipinski definition) is 4. The molecular weight excluding hydrogens is 239 g/mol. The van der Waals surface area contributed by atoms with Crippen molar-refractivity contribution in [3.05, 3.63) is 23.5 Å².